The number of ether oxygens (including phenoxy) is 1. The number of rotatable bonds is 10. The van der Waals surface area contributed by atoms with Crippen LogP contribution in [-0.4, -0.2) is 17.0 Å². The maximum atomic E-state index is 10.9. The molecule has 0 spiro atoms. The molecule has 0 aromatic heterocycles. The Bertz CT molecular complexity index is 378. The van der Waals surface area contributed by atoms with Gasteiger partial charge < -0.3 is 9.84 Å². The van der Waals surface area contributed by atoms with Gasteiger partial charge in [-0.25, -0.2) is 4.79 Å². The zero-order valence-corrected chi connectivity index (χ0v) is 12.3. The van der Waals surface area contributed by atoms with E-state index in [9.17, 15) is 9.59 Å². The number of carbonyl (C=O) groups is 2. The number of carboxylic acid groups (broad SMARTS) is 1. The van der Waals surface area contributed by atoms with Crippen LogP contribution in [0, 0.1) is 0 Å². The number of esters is 1. The number of aliphatic carboxylic acids is 1. The minimum atomic E-state index is -1.04. The van der Waals surface area contributed by atoms with Gasteiger partial charge in [-0.3, -0.25) is 4.79 Å². The van der Waals surface area contributed by atoms with Crippen molar-refractivity contribution in [2.75, 3.05) is 0 Å². The molecular weight excluding hydrogens is 256 g/mol. The number of allylic oxidation sites excluding steroid dienone is 4. The predicted molar refractivity (Wildman–Crippen MR) is 79.1 cm³/mol. The van der Waals surface area contributed by atoms with E-state index in [2.05, 4.69) is 6.92 Å². The molecule has 0 saturated heterocycles. The molecule has 0 bridgehead atoms. The highest BCUT2D eigenvalue weighted by molar-refractivity contribution is 5.80. The number of hydrogen-bond donors (Lipinski definition) is 1. The smallest absolute Gasteiger partial charge is 0.328 e. The third-order valence-corrected chi connectivity index (χ3v) is 2.52. The van der Waals surface area contributed by atoms with Gasteiger partial charge in [-0.15, -0.1) is 0 Å². The van der Waals surface area contributed by atoms with Crippen molar-refractivity contribution in [1.29, 1.82) is 0 Å². The fourth-order valence-electron chi connectivity index (χ4n) is 1.58. The second-order valence-electron chi connectivity index (χ2n) is 4.47. The normalized spacial score (nSPS) is 12.2. The van der Waals surface area contributed by atoms with Crippen molar-refractivity contribution in [2.45, 2.75) is 52.4 Å². The molecule has 0 atom stereocenters. The van der Waals surface area contributed by atoms with Crippen LogP contribution in [0.1, 0.15) is 52.4 Å². The van der Waals surface area contributed by atoms with Crippen LogP contribution in [0.15, 0.2) is 36.1 Å². The molecule has 0 rings (SSSR count). The third-order valence-electron chi connectivity index (χ3n) is 2.52. The van der Waals surface area contributed by atoms with Crippen molar-refractivity contribution in [1.82, 2.24) is 0 Å². The SMILES string of the molecule is CCCCCCC/C=C/C(=C/C=C/C(=O)O)OC(C)=O. The average Bonchev–Trinajstić information content (AvgIpc) is 2.36. The molecule has 4 nitrogen and oxygen atoms in total. The molecule has 0 aliphatic rings. The first-order valence-corrected chi connectivity index (χ1v) is 7.02. The largest absolute Gasteiger partial charge is 0.478 e. The lowest BCUT2D eigenvalue weighted by Gasteiger charge is -2.01. The molecular formula is C16H24O4. The van der Waals surface area contributed by atoms with E-state index in [-0.39, 0.29) is 0 Å². The zero-order valence-electron chi connectivity index (χ0n) is 12.3. The Morgan fingerprint density at radius 3 is 2.40 bits per heavy atom. The molecule has 0 heterocycles. The first-order valence-electron chi connectivity index (χ1n) is 7.02. The standard InChI is InChI=1S/C16H24O4/c1-3-4-5-6-7-8-9-11-15(20-14(2)17)12-10-13-16(18)19/h9-13H,3-8H2,1-2H3,(H,18,19)/b11-9+,13-10+,15-12-. The second-order valence-corrected chi connectivity index (χ2v) is 4.47. The van der Waals surface area contributed by atoms with Crippen LogP contribution in [0.25, 0.3) is 0 Å². The Labute approximate surface area is 120 Å². The van der Waals surface area contributed by atoms with Crippen LogP contribution in [0.3, 0.4) is 0 Å². The maximum absolute atomic E-state index is 10.9. The summed E-state index contributed by atoms with van der Waals surface area (Å²) in [6, 6.07) is 0. The molecule has 0 amide bonds. The van der Waals surface area contributed by atoms with E-state index in [4.69, 9.17) is 9.84 Å². The molecule has 4 heteroatoms. The van der Waals surface area contributed by atoms with Crippen molar-refractivity contribution in [3.05, 3.63) is 36.1 Å². The molecule has 0 saturated carbocycles. The van der Waals surface area contributed by atoms with Crippen molar-refractivity contribution in [2.24, 2.45) is 0 Å². The minimum Gasteiger partial charge on any atom is -0.478 e. The van der Waals surface area contributed by atoms with Crippen molar-refractivity contribution >= 4 is 11.9 Å². The van der Waals surface area contributed by atoms with Gasteiger partial charge in [-0.1, -0.05) is 44.8 Å². The van der Waals surface area contributed by atoms with Gasteiger partial charge in [-0.2, -0.15) is 0 Å². The molecule has 0 fully saturated rings. The first kappa shape index (κ1) is 18.2. The van der Waals surface area contributed by atoms with E-state index >= 15 is 0 Å². The Kier molecular flexibility index (Phi) is 11.1. The maximum Gasteiger partial charge on any atom is 0.328 e. The van der Waals surface area contributed by atoms with Crippen LogP contribution in [-0.2, 0) is 14.3 Å². The Balaban J connectivity index is 4.21. The summed E-state index contributed by atoms with van der Waals surface area (Å²) in [7, 11) is 0. The lowest BCUT2D eigenvalue weighted by Crippen LogP contribution is -1.96. The highest BCUT2D eigenvalue weighted by atomic mass is 16.5. The third kappa shape index (κ3) is 12.6. The van der Waals surface area contributed by atoms with Gasteiger partial charge in [0.15, 0.2) is 0 Å². The molecule has 0 radical (unpaired) electrons. The number of carboxylic acids is 1. The molecule has 20 heavy (non-hydrogen) atoms. The van der Waals surface area contributed by atoms with Crippen molar-refractivity contribution in [3.8, 4) is 0 Å². The summed E-state index contributed by atoms with van der Waals surface area (Å²) in [5.41, 5.74) is 0. The van der Waals surface area contributed by atoms with E-state index in [0.717, 1.165) is 18.9 Å². The number of carbonyl (C=O) groups excluding carboxylic acids is 1. The minimum absolute atomic E-state index is 0.351. The van der Waals surface area contributed by atoms with E-state index < -0.39 is 11.9 Å². The summed E-state index contributed by atoms with van der Waals surface area (Å²) in [4.78, 5) is 21.3. The fraction of sp³-hybridized carbons (Fsp3) is 0.500. The predicted octanol–water partition coefficient (Wildman–Crippen LogP) is 3.99. The van der Waals surface area contributed by atoms with E-state index in [1.54, 1.807) is 6.08 Å². The van der Waals surface area contributed by atoms with Gasteiger partial charge in [-0.05, 0) is 25.0 Å². The summed E-state index contributed by atoms with van der Waals surface area (Å²) in [5, 5.41) is 8.48. The first-order chi connectivity index (χ1) is 9.56. The van der Waals surface area contributed by atoms with E-state index in [1.807, 2.05) is 6.08 Å². The van der Waals surface area contributed by atoms with Crippen LogP contribution >= 0.6 is 0 Å². The van der Waals surface area contributed by atoms with Crippen LogP contribution in [0.4, 0.5) is 0 Å². The summed E-state index contributed by atoms with van der Waals surface area (Å²) in [5.74, 6) is -1.11. The van der Waals surface area contributed by atoms with Crippen LogP contribution in [0.2, 0.25) is 0 Å². The Hall–Kier alpha value is -1.84. The Morgan fingerprint density at radius 2 is 1.80 bits per heavy atom. The Morgan fingerprint density at radius 1 is 1.10 bits per heavy atom. The van der Waals surface area contributed by atoms with Gasteiger partial charge in [0.25, 0.3) is 0 Å². The number of hydrogen-bond acceptors (Lipinski definition) is 3. The van der Waals surface area contributed by atoms with Crippen molar-refractivity contribution in [3.63, 3.8) is 0 Å². The summed E-state index contributed by atoms with van der Waals surface area (Å²) in [6.07, 6.45) is 14.4. The second kappa shape index (κ2) is 12.2. The molecule has 112 valence electrons. The average molecular weight is 280 g/mol. The summed E-state index contributed by atoms with van der Waals surface area (Å²) in [6.45, 7) is 3.49. The quantitative estimate of drug-likeness (QED) is 0.216. The molecule has 0 aromatic rings. The van der Waals surface area contributed by atoms with E-state index in [0.29, 0.717) is 5.76 Å². The highest BCUT2D eigenvalue weighted by Gasteiger charge is 1.96. The van der Waals surface area contributed by atoms with Gasteiger partial charge in [0.05, 0.1) is 0 Å². The van der Waals surface area contributed by atoms with E-state index in [1.165, 1.54) is 44.8 Å². The summed E-state index contributed by atoms with van der Waals surface area (Å²) >= 11 is 0. The van der Waals surface area contributed by atoms with Gasteiger partial charge in [0.2, 0.25) is 0 Å². The fourth-order valence-corrected chi connectivity index (χ4v) is 1.58. The van der Waals surface area contributed by atoms with Crippen LogP contribution in [0.5, 0.6) is 0 Å². The monoisotopic (exact) mass is 280 g/mol. The molecule has 0 unspecified atom stereocenters. The topological polar surface area (TPSA) is 63.6 Å². The molecule has 0 aliphatic carbocycles. The van der Waals surface area contributed by atoms with Gasteiger partial charge >= 0.3 is 11.9 Å². The number of unbranched alkanes of at least 4 members (excludes halogenated alkanes) is 5. The molecule has 0 aromatic carbocycles. The zero-order chi connectivity index (χ0) is 15.2. The molecule has 0 aliphatic heterocycles. The van der Waals surface area contributed by atoms with Gasteiger partial charge in [0, 0.05) is 13.0 Å². The lowest BCUT2D eigenvalue weighted by atomic mass is 10.1. The highest BCUT2D eigenvalue weighted by Crippen LogP contribution is 2.07. The van der Waals surface area contributed by atoms with Gasteiger partial charge in [0.1, 0.15) is 5.76 Å². The van der Waals surface area contributed by atoms with Crippen molar-refractivity contribution < 1.29 is 19.4 Å². The molecule has 1 N–H and O–H groups in total. The lowest BCUT2D eigenvalue weighted by molar-refractivity contribution is -0.136. The summed E-state index contributed by atoms with van der Waals surface area (Å²) < 4.78 is 4.97. The van der Waals surface area contributed by atoms with Crippen LogP contribution < -0.4 is 0 Å².